The van der Waals surface area contributed by atoms with E-state index >= 15 is 0 Å². The van der Waals surface area contributed by atoms with Gasteiger partial charge in [-0.25, -0.2) is 14.4 Å². The maximum absolute atomic E-state index is 13.5. The fourth-order valence-electron chi connectivity index (χ4n) is 2.93. The van der Waals surface area contributed by atoms with Crippen LogP contribution in [-0.2, 0) is 4.79 Å². The van der Waals surface area contributed by atoms with Crippen molar-refractivity contribution in [3.63, 3.8) is 0 Å². The first-order chi connectivity index (χ1) is 11.5. The second kappa shape index (κ2) is 6.95. The smallest absolute Gasteiger partial charge is 0.260 e. The molecule has 3 rings (SSSR count). The first-order valence-electron chi connectivity index (χ1n) is 8.00. The fourth-order valence-corrected chi connectivity index (χ4v) is 2.93. The van der Waals surface area contributed by atoms with Crippen LogP contribution in [0, 0.1) is 19.7 Å². The van der Waals surface area contributed by atoms with Gasteiger partial charge < -0.3 is 9.64 Å². The normalized spacial score (nSPS) is 17.1. The van der Waals surface area contributed by atoms with Crippen LogP contribution >= 0.6 is 0 Å². The number of nitrogens with zero attached hydrogens (tertiary/aromatic N) is 3. The van der Waals surface area contributed by atoms with E-state index in [-0.39, 0.29) is 24.2 Å². The van der Waals surface area contributed by atoms with E-state index < -0.39 is 5.82 Å². The molecule has 6 heteroatoms. The third kappa shape index (κ3) is 3.69. The van der Waals surface area contributed by atoms with E-state index in [1.165, 1.54) is 12.1 Å². The van der Waals surface area contributed by atoms with Crippen molar-refractivity contribution < 1.29 is 13.9 Å². The standard InChI is InChI=1S/C18H20FN3O2/c1-12-9-13(2)21-18(20-12)14-7-8-22(10-14)17(23)11-24-16-6-4-3-5-15(16)19/h3-6,9,14H,7-8,10-11H2,1-2H3. The Morgan fingerprint density at radius 2 is 2.00 bits per heavy atom. The van der Waals surface area contributed by atoms with Crippen LogP contribution < -0.4 is 4.74 Å². The van der Waals surface area contributed by atoms with Crippen LogP contribution in [0.5, 0.6) is 5.75 Å². The van der Waals surface area contributed by atoms with Crippen LogP contribution in [0.2, 0.25) is 0 Å². The van der Waals surface area contributed by atoms with Crippen molar-refractivity contribution in [3.05, 3.63) is 53.4 Å². The SMILES string of the molecule is Cc1cc(C)nc(C2CCN(C(=O)COc3ccccc3F)C2)n1. The summed E-state index contributed by atoms with van der Waals surface area (Å²) in [6, 6.07) is 8.01. The molecule has 1 atom stereocenters. The van der Waals surface area contributed by atoms with E-state index in [0.29, 0.717) is 13.1 Å². The number of ether oxygens (including phenoxy) is 1. The molecule has 1 unspecified atom stereocenters. The van der Waals surface area contributed by atoms with E-state index in [1.807, 2.05) is 19.9 Å². The Hall–Kier alpha value is -2.50. The lowest BCUT2D eigenvalue weighted by Gasteiger charge is -2.17. The molecule has 1 aliphatic heterocycles. The van der Waals surface area contributed by atoms with Crippen molar-refractivity contribution in [1.29, 1.82) is 0 Å². The molecule has 1 aromatic carbocycles. The summed E-state index contributed by atoms with van der Waals surface area (Å²) in [4.78, 5) is 23.0. The number of hydrogen-bond acceptors (Lipinski definition) is 4. The van der Waals surface area contributed by atoms with Gasteiger partial charge in [-0.15, -0.1) is 0 Å². The van der Waals surface area contributed by atoms with E-state index in [4.69, 9.17) is 4.74 Å². The summed E-state index contributed by atoms with van der Waals surface area (Å²) in [5.74, 6) is 0.413. The Morgan fingerprint density at radius 1 is 1.29 bits per heavy atom. The van der Waals surface area contributed by atoms with Gasteiger partial charge in [0.1, 0.15) is 5.82 Å². The summed E-state index contributed by atoms with van der Waals surface area (Å²) >= 11 is 0. The molecule has 1 saturated heterocycles. The van der Waals surface area contributed by atoms with Crippen molar-refractivity contribution >= 4 is 5.91 Å². The van der Waals surface area contributed by atoms with E-state index in [2.05, 4.69) is 9.97 Å². The molecule has 0 radical (unpaired) electrons. The van der Waals surface area contributed by atoms with Crippen LogP contribution in [-0.4, -0.2) is 40.5 Å². The van der Waals surface area contributed by atoms with Crippen molar-refractivity contribution in [3.8, 4) is 5.75 Å². The average molecular weight is 329 g/mol. The highest BCUT2D eigenvalue weighted by molar-refractivity contribution is 5.78. The minimum atomic E-state index is -0.465. The average Bonchev–Trinajstić information content (AvgIpc) is 3.03. The predicted octanol–water partition coefficient (Wildman–Crippen LogP) is 2.63. The zero-order chi connectivity index (χ0) is 17.1. The summed E-state index contributed by atoms with van der Waals surface area (Å²) in [7, 11) is 0. The molecular weight excluding hydrogens is 309 g/mol. The number of hydrogen-bond donors (Lipinski definition) is 0. The van der Waals surface area contributed by atoms with Crippen molar-refractivity contribution in [2.75, 3.05) is 19.7 Å². The molecule has 126 valence electrons. The van der Waals surface area contributed by atoms with Crippen LogP contribution in [0.25, 0.3) is 0 Å². The molecule has 0 saturated carbocycles. The lowest BCUT2D eigenvalue weighted by molar-refractivity contribution is -0.132. The predicted molar refractivity (Wildman–Crippen MR) is 87.3 cm³/mol. The molecular formula is C18H20FN3O2. The zero-order valence-corrected chi connectivity index (χ0v) is 13.8. The third-order valence-corrected chi connectivity index (χ3v) is 4.09. The lowest BCUT2D eigenvalue weighted by atomic mass is 10.1. The number of para-hydroxylation sites is 1. The molecule has 0 aliphatic carbocycles. The Labute approximate surface area is 140 Å². The van der Waals surface area contributed by atoms with E-state index in [9.17, 15) is 9.18 Å². The fraction of sp³-hybridized carbons (Fsp3) is 0.389. The molecule has 0 spiro atoms. The van der Waals surface area contributed by atoms with Gasteiger partial charge in [-0.2, -0.15) is 0 Å². The number of rotatable bonds is 4. The lowest BCUT2D eigenvalue weighted by Crippen LogP contribution is -2.33. The van der Waals surface area contributed by atoms with Crippen molar-refractivity contribution in [2.45, 2.75) is 26.2 Å². The molecule has 0 N–H and O–H groups in total. The summed E-state index contributed by atoms with van der Waals surface area (Å²) in [6.07, 6.45) is 0.828. The zero-order valence-electron chi connectivity index (χ0n) is 13.8. The maximum atomic E-state index is 13.5. The minimum Gasteiger partial charge on any atom is -0.481 e. The summed E-state index contributed by atoms with van der Waals surface area (Å²) in [5.41, 5.74) is 1.87. The van der Waals surface area contributed by atoms with Gasteiger partial charge in [0.15, 0.2) is 18.2 Å². The number of benzene rings is 1. The quantitative estimate of drug-likeness (QED) is 0.865. The van der Waals surface area contributed by atoms with Crippen molar-refractivity contribution in [1.82, 2.24) is 14.9 Å². The van der Waals surface area contributed by atoms with Gasteiger partial charge in [-0.05, 0) is 38.5 Å². The summed E-state index contributed by atoms with van der Waals surface area (Å²) in [6.45, 7) is 4.93. The topological polar surface area (TPSA) is 55.3 Å². The number of carbonyl (C=O) groups is 1. The largest absolute Gasteiger partial charge is 0.481 e. The number of aryl methyl sites for hydroxylation is 2. The number of aromatic nitrogens is 2. The molecule has 1 aliphatic rings. The van der Waals surface area contributed by atoms with E-state index in [0.717, 1.165) is 23.6 Å². The summed E-state index contributed by atoms with van der Waals surface area (Å²) < 4.78 is 18.8. The molecule has 1 fully saturated rings. The van der Waals surface area contributed by atoms with Crippen LogP contribution in [0.1, 0.15) is 29.6 Å². The third-order valence-electron chi connectivity index (χ3n) is 4.09. The molecule has 24 heavy (non-hydrogen) atoms. The second-order valence-electron chi connectivity index (χ2n) is 6.05. The van der Waals surface area contributed by atoms with Gasteiger partial charge in [-0.3, -0.25) is 4.79 Å². The number of likely N-dealkylation sites (tertiary alicyclic amines) is 1. The van der Waals surface area contributed by atoms with Gasteiger partial charge in [0, 0.05) is 30.4 Å². The Bertz CT molecular complexity index is 731. The number of carbonyl (C=O) groups excluding carboxylic acids is 1. The monoisotopic (exact) mass is 329 g/mol. The number of amides is 1. The molecule has 2 aromatic rings. The van der Waals surface area contributed by atoms with Gasteiger partial charge in [0.05, 0.1) is 0 Å². The highest BCUT2D eigenvalue weighted by Gasteiger charge is 2.29. The summed E-state index contributed by atoms with van der Waals surface area (Å²) in [5, 5.41) is 0. The number of halogens is 1. The maximum Gasteiger partial charge on any atom is 0.260 e. The van der Waals surface area contributed by atoms with Crippen LogP contribution in [0.3, 0.4) is 0 Å². The second-order valence-corrected chi connectivity index (χ2v) is 6.05. The van der Waals surface area contributed by atoms with Gasteiger partial charge in [-0.1, -0.05) is 12.1 Å². The molecule has 2 heterocycles. The van der Waals surface area contributed by atoms with Gasteiger partial charge >= 0.3 is 0 Å². The minimum absolute atomic E-state index is 0.0965. The molecule has 1 amide bonds. The first-order valence-corrected chi connectivity index (χ1v) is 8.00. The Morgan fingerprint density at radius 3 is 2.71 bits per heavy atom. The van der Waals surface area contributed by atoms with Gasteiger partial charge in [0.25, 0.3) is 5.91 Å². The van der Waals surface area contributed by atoms with Crippen LogP contribution in [0.4, 0.5) is 4.39 Å². The molecule has 0 bridgehead atoms. The highest BCUT2D eigenvalue weighted by Crippen LogP contribution is 2.25. The van der Waals surface area contributed by atoms with Crippen molar-refractivity contribution in [2.24, 2.45) is 0 Å². The van der Waals surface area contributed by atoms with Crippen LogP contribution in [0.15, 0.2) is 30.3 Å². The first kappa shape index (κ1) is 16.4. The van der Waals surface area contributed by atoms with Gasteiger partial charge in [0.2, 0.25) is 0 Å². The molecule has 1 aromatic heterocycles. The Kier molecular flexibility index (Phi) is 4.74. The highest BCUT2D eigenvalue weighted by atomic mass is 19.1. The van der Waals surface area contributed by atoms with E-state index in [1.54, 1.807) is 17.0 Å². The Balaban J connectivity index is 1.59. The molecule has 5 nitrogen and oxygen atoms in total.